The van der Waals surface area contributed by atoms with Crippen molar-refractivity contribution < 1.29 is 4.79 Å². The van der Waals surface area contributed by atoms with Crippen LogP contribution in [0.25, 0.3) is 0 Å². The Balaban J connectivity index is 2.36. The molecule has 2 aromatic rings. The van der Waals surface area contributed by atoms with E-state index in [2.05, 4.69) is 6.92 Å². The van der Waals surface area contributed by atoms with Gasteiger partial charge < -0.3 is 0 Å². The van der Waals surface area contributed by atoms with Crippen molar-refractivity contribution in [3.05, 3.63) is 56.2 Å². The van der Waals surface area contributed by atoms with Gasteiger partial charge in [0.15, 0.2) is 0 Å². The third-order valence-electron chi connectivity index (χ3n) is 2.54. The molecule has 0 radical (unpaired) electrons. The fraction of sp³-hybridized carbons (Fsp3) is 0.214. The number of carbonyl (C=O) groups excluding carboxylic acids is 1. The zero-order valence-electron chi connectivity index (χ0n) is 9.79. The fourth-order valence-electron chi connectivity index (χ4n) is 1.70. The van der Waals surface area contributed by atoms with Gasteiger partial charge in [-0.2, -0.15) is 0 Å². The van der Waals surface area contributed by atoms with Gasteiger partial charge in [0.05, 0.1) is 4.88 Å². The number of thiophene rings is 1. The van der Waals surface area contributed by atoms with Crippen LogP contribution in [0.15, 0.2) is 30.3 Å². The lowest BCUT2D eigenvalue weighted by Crippen LogP contribution is -1.98. The first-order valence-corrected chi connectivity index (χ1v) is 6.70. The van der Waals surface area contributed by atoms with Gasteiger partial charge in [-0.1, -0.05) is 18.5 Å². The molecule has 1 aromatic carbocycles. The van der Waals surface area contributed by atoms with Crippen LogP contribution >= 0.6 is 22.9 Å². The molecule has 1 nitrogen and oxygen atoms in total. The minimum atomic E-state index is 0.0558. The number of hydrogen-bond acceptors (Lipinski definition) is 2. The first-order chi connectivity index (χ1) is 8.10. The lowest BCUT2D eigenvalue weighted by Gasteiger charge is -2.01. The quantitative estimate of drug-likeness (QED) is 0.746. The maximum atomic E-state index is 12.2. The van der Waals surface area contributed by atoms with Gasteiger partial charge in [0.25, 0.3) is 0 Å². The standard InChI is InChI=1S/C14H13ClOS/c1-3-12-4-5-13(17-12)14(16)10-6-9(2)7-11(15)8-10/h4-8H,3H2,1-2H3. The number of rotatable bonds is 3. The largest absolute Gasteiger partial charge is 0.288 e. The number of aryl methyl sites for hydroxylation is 2. The molecule has 0 N–H and O–H groups in total. The molecule has 1 aromatic heterocycles. The molecule has 3 heteroatoms. The lowest BCUT2D eigenvalue weighted by molar-refractivity contribution is 0.104. The summed E-state index contributed by atoms with van der Waals surface area (Å²) in [5.41, 5.74) is 1.67. The van der Waals surface area contributed by atoms with Gasteiger partial charge in [-0.3, -0.25) is 4.79 Å². The van der Waals surface area contributed by atoms with Crippen molar-refractivity contribution in [3.63, 3.8) is 0 Å². The summed E-state index contributed by atoms with van der Waals surface area (Å²) in [5.74, 6) is 0.0558. The Morgan fingerprint density at radius 1 is 1.29 bits per heavy atom. The summed E-state index contributed by atoms with van der Waals surface area (Å²) in [6.07, 6.45) is 0.965. The van der Waals surface area contributed by atoms with Gasteiger partial charge in [-0.25, -0.2) is 0 Å². The van der Waals surface area contributed by atoms with E-state index in [9.17, 15) is 4.79 Å². The Morgan fingerprint density at radius 2 is 2.06 bits per heavy atom. The maximum absolute atomic E-state index is 12.2. The Morgan fingerprint density at radius 3 is 2.65 bits per heavy atom. The van der Waals surface area contributed by atoms with Crippen molar-refractivity contribution in [2.45, 2.75) is 20.3 Å². The van der Waals surface area contributed by atoms with Gasteiger partial charge in [0.2, 0.25) is 5.78 Å². The molecule has 0 atom stereocenters. The van der Waals surface area contributed by atoms with E-state index in [1.807, 2.05) is 31.2 Å². The molecule has 0 saturated heterocycles. The number of benzene rings is 1. The van der Waals surface area contributed by atoms with Crippen molar-refractivity contribution >= 4 is 28.7 Å². The van der Waals surface area contributed by atoms with E-state index in [-0.39, 0.29) is 5.78 Å². The number of carbonyl (C=O) groups is 1. The van der Waals surface area contributed by atoms with Gasteiger partial charge in [0, 0.05) is 15.5 Å². The summed E-state index contributed by atoms with van der Waals surface area (Å²) in [6.45, 7) is 4.03. The Kier molecular flexibility index (Phi) is 3.65. The molecule has 0 amide bonds. The molecule has 0 bridgehead atoms. The molecule has 88 valence electrons. The van der Waals surface area contributed by atoms with Crippen molar-refractivity contribution in [1.82, 2.24) is 0 Å². The number of ketones is 1. The smallest absolute Gasteiger partial charge is 0.203 e. The SMILES string of the molecule is CCc1ccc(C(=O)c2cc(C)cc(Cl)c2)s1. The summed E-state index contributed by atoms with van der Waals surface area (Å²) in [4.78, 5) is 14.2. The van der Waals surface area contributed by atoms with E-state index in [1.54, 1.807) is 17.4 Å². The second-order valence-electron chi connectivity index (χ2n) is 3.97. The van der Waals surface area contributed by atoms with E-state index in [0.29, 0.717) is 10.6 Å². The van der Waals surface area contributed by atoms with Crippen LogP contribution in [0.5, 0.6) is 0 Å². The van der Waals surface area contributed by atoms with Gasteiger partial charge in [0.1, 0.15) is 0 Å². The second kappa shape index (κ2) is 5.03. The third-order valence-corrected chi connectivity index (χ3v) is 3.98. The molecule has 0 aliphatic rings. The van der Waals surface area contributed by atoms with E-state index >= 15 is 0 Å². The van der Waals surface area contributed by atoms with Crippen molar-refractivity contribution in [3.8, 4) is 0 Å². The summed E-state index contributed by atoms with van der Waals surface area (Å²) < 4.78 is 0. The second-order valence-corrected chi connectivity index (χ2v) is 5.57. The highest BCUT2D eigenvalue weighted by atomic mass is 35.5. The molecular formula is C14H13ClOS. The van der Waals surface area contributed by atoms with Crippen LogP contribution in [-0.4, -0.2) is 5.78 Å². The van der Waals surface area contributed by atoms with E-state index in [1.165, 1.54) is 4.88 Å². The minimum absolute atomic E-state index is 0.0558. The number of halogens is 1. The van der Waals surface area contributed by atoms with Crippen LogP contribution < -0.4 is 0 Å². The summed E-state index contributed by atoms with van der Waals surface area (Å²) in [5, 5.41) is 0.612. The molecule has 2 rings (SSSR count). The summed E-state index contributed by atoms with van der Waals surface area (Å²) in [6, 6.07) is 9.35. The highest BCUT2D eigenvalue weighted by Crippen LogP contribution is 2.22. The monoisotopic (exact) mass is 264 g/mol. The highest BCUT2D eigenvalue weighted by Gasteiger charge is 2.12. The Labute approximate surface area is 110 Å². The average molecular weight is 265 g/mol. The van der Waals surface area contributed by atoms with Crippen molar-refractivity contribution in [1.29, 1.82) is 0 Å². The van der Waals surface area contributed by atoms with Crippen LogP contribution in [0.1, 0.15) is 32.6 Å². The maximum Gasteiger partial charge on any atom is 0.203 e. The fourth-order valence-corrected chi connectivity index (χ4v) is 2.90. The average Bonchev–Trinajstić information content (AvgIpc) is 2.75. The van der Waals surface area contributed by atoms with E-state index < -0.39 is 0 Å². The lowest BCUT2D eigenvalue weighted by atomic mass is 10.1. The van der Waals surface area contributed by atoms with Gasteiger partial charge in [-0.15, -0.1) is 11.3 Å². The topological polar surface area (TPSA) is 17.1 Å². The van der Waals surface area contributed by atoms with Crippen LogP contribution in [0.4, 0.5) is 0 Å². The normalized spacial score (nSPS) is 10.5. The zero-order chi connectivity index (χ0) is 12.4. The Hall–Kier alpha value is -1.12. The van der Waals surface area contributed by atoms with Crippen LogP contribution in [0, 0.1) is 6.92 Å². The molecular weight excluding hydrogens is 252 g/mol. The molecule has 17 heavy (non-hydrogen) atoms. The summed E-state index contributed by atoms with van der Waals surface area (Å²) >= 11 is 7.52. The van der Waals surface area contributed by atoms with E-state index in [4.69, 9.17) is 11.6 Å². The first kappa shape index (κ1) is 12.3. The van der Waals surface area contributed by atoms with Gasteiger partial charge >= 0.3 is 0 Å². The Bertz CT molecular complexity index is 537. The van der Waals surface area contributed by atoms with Crippen LogP contribution in [-0.2, 0) is 6.42 Å². The zero-order valence-corrected chi connectivity index (χ0v) is 11.4. The molecule has 0 unspecified atom stereocenters. The van der Waals surface area contributed by atoms with Crippen LogP contribution in [0.3, 0.4) is 0 Å². The highest BCUT2D eigenvalue weighted by molar-refractivity contribution is 7.14. The molecule has 0 spiro atoms. The molecule has 0 saturated carbocycles. The predicted octanol–water partition coefficient (Wildman–Crippen LogP) is 4.50. The van der Waals surface area contributed by atoms with Crippen LogP contribution in [0.2, 0.25) is 5.02 Å². The number of hydrogen-bond donors (Lipinski definition) is 0. The predicted molar refractivity (Wildman–Crippen MR) is 73.3 cm³/mol. The van der Waals surface area contributed by atoms with Crippen molar-refractivity contribution in [2.75, 3.05) is 0 Å². The molecule has 1 heterocycles. The van der Waals surface area contributed by atoms with E-state index in [0.717, 1.165) is 16.9 Å². The first-order valence-electron chi connectivity index (χ1n) is 5.50. The van der Waals surface area contributed by atoms with Crippen molar-refractivity contribution in [2.24, 2.45) is 0 Å². The van der Waals surface area contributed by atoms with Gasteiger partial charge in [-0.05, 0) is 49.2 Å². The molecule has 0 fully saturated rings. The molecule has 0 aliphatic heterocycles. The third kappa shape index (κ3) is 2.76. The summed E-state index contributed by atoms with van der Waals surface area (Å²) in [7, 11) is 0. The molecule has 0 aliphatic carbocycles. The minimum Gasteiger partial charge on any atom is -0.288 e.